The van der Waals surface area contributed by atoms with Gasteiger partial charge in [0.25, 0.3) is 5.91 Å². The fourth-order valence-corrected chi connectivity index (χ4v) is 1.05. The first kappa shape index (κ1) is 11.8. The van der Waals surface area contributed by atoms with E-state index in [1.54, 1.807) is 12.1 Å². The molecule has 1 rings (SSSR count). The molecule has 0 radical (unpaired) electrons. The van der Waals surface area contributed by atoms with Crippen LogP contribution in [0.3, 0.4) is 0 Å². The van der Waals surface area contributed by atoms with Crippen LogP contribution in [0.4, 0.5) is 0 Å². The first-order chi connectivity index (χ1) is 7.18. The van der Waals surface area contributed by atoms with Crippen LogP contribution in [0.2, 0.25) is 0 Å². The van der Waals surface area contributed by atoms with Gasteiger partial charge in [-0.3, -0.25) is 4.79 Å². The van der Waals surface area contributed by atoms with Crippen LogP contribution >= 0.6 is 15.9 Å². The minimum Gasteiger partial charge on any atom is -0.484 e. The van der Waals surface area contributed by atoms with Gasteiger partial charge in [0.1, 0.15) is 5.75 Å². The van der Waals surface area contributed by atoms with E-state index >= 15 is 0 Å². The summed E-state index contributed by atoms with van der Waals surface area (Å²) in [7, 11) is 0. The molecule has 0 fully saturated rings. The average Bonchev–Trinajstić information content (AvgIpc) is 2.25. The second-order valence-electron chi connectivity index (χ2n) is 2.90. The van der Waals surface area contributed by atoms with Gasteiger partial charge >= 0.3 is 0 Å². The van der Waals surface area contributed by atoms with E-state index in [4.69, 9.17) is 4.74 Å². The smallest absolute Gasteiger partial charge is 0.258 e. The molecule has 15 heavy (non-hydrogen) atoms. The van der Waals surface area contributed by atoms with Crippen molar-refractivity contribution in [3.8, 4) is 5.75 Å². The number of carbonyl (C=O) groups is 1. The predicted octanol–water partition coefficient (Wildman–Crippen LogP) is 2.09. The third-order valence-electron chi connectivity index (χ3n) is 1.59. The molecule has 3 nitrogen and oxygen atoms in total. The highest BCUT2D eigenvalue weighted by atomic mass is 79.9. The van der Waals surface area contributed by atoms with Crippen LogP contribution in [0.25, 0.3) is 0 Å². The Morgan fingerprint density at radius 3 is 2.67 bits per heavy atom. The van der Waals surface area contributed by atoms with Crippen molar-refractivity contribution in [3.05, 3.63) is 41.4 Å². The SMILES string of the molecule is C=C(Br)CNC(=O)COc1ccccc1. The molecule has 1 amide bonds. The monoisotopic (exact) mass is 269 g/mol. The number of nitrogens with one attached hydrogen (secondary N) is 1. The van der Waals surface area contributed by atoms with Crippen LogP contribution in [0.1, 0.15) is 0 Å². The number of rotatable bonds is 5. The molecule has 1 N–H and O–H groups in total. The van der Waals surface area contributed by atoms with Gasteiger partial charge in [-0.1, -0.05) is 40.7 Å². The summed E-state index contributed by atoms with van der Waals surface area (Å²) in [4.78, 5) is 11.2. The number of benzene rings is 1. The highest BCUT2D eigenvalue weighted by molar-refractivity contribution is 9.11. The molecule has 0 aliphatic rings. The average molecular weight is 270 g/mol. The van der Waals surface area contributed by atoms with Crippen LogP contribution in [-0.4, -0.2) is 19.1 Å². The number of ether oxygens (including phenoxy) is 1. The van der Waals surface area contributed by atoms with Crippen molar-refractivity contribution in [3.63, 3.8) is 0 Å². The molecular weight excluding hydrogens is 258 g/mol. The summed E-state index contributed by atoms with van der Waals surface area (Å²) < 4.78 is 5.98. The maximum atomic E-state index is 11.2. The van der Waals surface area contributed by atoms with E-state index in [-0.39, 0.29) is 12.5 Å². The second kappa shape index (κ2) is 6.24. The van der Waals surface area contributed by atoms with E-state index in [0.29, 0.717) is 12.3 Å². The lowest BCUT2D eigenvalue weighted by Gasteiger charge is -2.06. The van der Waals surface area contributed by atoms with E-state index in [1.165, 1.54) is 0 Å². The fraction of sp³-hybridized carbons (Fsp3) is 0.182. The minimum atomic E-state index is -0.167. The zero-order chi connectivity index (χ0) is 11.1. The van der Waals surface area contributed by atoms with Crippen molar-refractivity contribution in [2.45, 2.75) is 0 Å². The molecule has 0 unspecified atom stereocenters. The third-order valence-corrected chi connectivity index (χ3v) is 1.87. The molecule has 0 aliphatic carbocycles. The quantitative estimate of drug-likeness (QED) is 0.889. The minimum absolute atomic E-state index is 0.0181. The van der Waals surface area contributed by atoms with Gasteiger partial charge in [0.15, 0.2) is 6.61 Å². The fourth-order valence-electron chi connectivity index (χ4n) is 0.911. The predicted molar refractivity (Wildman–Crippen MR) is 63.0 cm³/mol. The summed E-state index contributed by atoms with van der Waals surface area (Å²) >= 11 is 3.15. The molecule has 80 valence electrons. The number of halogens is 1. The van der Waals surface area contributed by atoms with Gasteiger partial charge in [-0.2, -0.15) is 0 Å². The molecule has 0 bridgehead atoms. The van der Waals surface area contributed by atoms with Crippen LogP contribution < -0.4 is 10.1 Å². The maximum absolute atomic E-state index is 11.2. The Labute approximate surface area is 97.3 Å². The number of para-hydroxylation sites is 1. The standard InChI is InChI=1S/C11H12BrNO2/c1-9(12)7-13-11(14)8-15-10-5-3-2-4-6-10/h2-6H,1,7-8H2,(H,13,14). The Bertz CT molecular complexity index is 338. The Kier molecular flexibility index (Phi) is 4.90. The van der Waals surface area contributed by atoms with Crippen molar-refractivity contribution in [1.29, 1.82) is 0 Å². The molecule has 0 saturated heterocycles. The molecule has 0 saturated carbocycles. The normalized spacial score (nSPS) is 9.40. The summed E-state index contributed by atoms with van der Waals surface area (Å²) in [6.45, 7) is 4.04. The van der Waals surface area contributed by atoms with E-state index in [1.807, 2.05) is 18.2 Å². The van der Waals surface area contributed by atoms with Crippen LogP contribution in [0.15, 0.2) is 41.4 Å². The molecular formula is C11H12BrNO2. The second-order valence-corrected chi connectivity index (χ2v) is 4.02. The number of hydrogen-bond acceptors (Lipinski definition) is 2. The lowest BCUT2D eigenvalue weighted by Crippen LogP contribution is -2.29. The molecule has 4 heteroatoms. The lowest BCUT2D eigenvalue weighted by atomic mass is 10.3. The van der Waals surface area contributed by atoms with Crippen LogP contribution in [-0.2, 0) is 4.79 Å². The summed E-state index contributed by atoms with van der Waals surface area (Å²) in [5.74, 6) is 0.518. The Morgan fingerprint density at radius 1 is 1.40 bits per heavy atom. The zero-order valence-electron chi connectivity index (χ0n) is 8.20. The van der Waals surface area contributed by atoms with Crippen molar-refractivity contribution in [1.82, 2.24) is 5.32 Å². The number of carbonyl (C=O) groups excluding carboxylic acids is 1. The molecule has 1 aromatic carbocycles. The summed E-state index contributed by atoms with van der Waals surface area (Å²) in [6.07, 6.45) is 0. The largest absolute Gasteiger partial charge is 0.484 e. The summed E-state index contributed by atoms with van der Waals surface area (Å²) in [5.41, 5.74) is 0. The summed E-state index contributed by atoms with van der Waals surface area (Å²) in [6, 6.07) is 9.20. The van der Waals surface area contributed by atoms with E-state index < -0.39 is 0 Å². The summed E-state index contributed by atoms with van der Waals surface area (Å²) in [5, 5.41) is 2.64. The molecule has 0 aromatic heterocycles. The maximum Gasteiger partial charge on any atom is 0.258 e. The lowest BCUT2D eigenvalue weighted by molar-refractivity contribution is -0.122. The first-order valence-electron chi connectivity index (χ1n) is 4.46. The van der Waals surface area contributed by atoms with E-state index in [2.05, 4.69) is 27.8 Å². The Hall–Kier alpha value is -1.29. The molecule has 0 atom stereocenters. The van der Waals surface area contributed by atoms with Gasteiger partial charge < -0.3 is 10.1 Å². The highest BCUT2D eigenvalue weighted by Gasteiger charge is 2.01. The van der Waals surface area contributed by atoms with Crippen molar-refractivity contribution in [2.24, 2.45) is 0 Å². The van der Waals surface area contributed by atoms with Crippen molar-refractivity contribution in [2.75, 3.05) is 13.2 Å². The van der Waals surface area contributed by atoms with E-state index in [0.717, 1.165) is 4.48 Å². The molecule has 0 heterocycles. The van der Waals surface area contributed by atoms with Crippen molar-refractivity contribution >= 4 is 21.8 Å². The molecule has 1 aromatic rings. The van der Waals surface area contributed by atoms with Gasteiger partial charge in [-0.05, 0) is 12.1 Å². The van der Waals surface area contributed by atoms with Crippen molar-refractivity contribution < 1.29 is 9.53 Å². The van der Waals surface area contributed by atoms with Crippen LogP contribution in [0, 0.1) is 0 Å². The van der Waals surface area contributed by atoms with Gasteiger partial charge in [0.05, 0.1) is 0 Å². The van der Waals surface area contributed by atoms with Gasteiger partial charge in [0, 0.05) is 11.0 Å². The number of hydrogen-bond donors (Lipinski definition) is 1. The number of amides is 1. The topological polar surface area (TPSA) is 38.3 Å². The highest BCUT2D eigenvalue weighted by Crippen LogP contribution is 2.07. The van der Waals surface area contributed by atoms with E-state index in [9.17, 15) is 4.79 Å². The Balaban J connectivity index is 2.26. The first-order valence-corrected chi connectivity index (χ1v) is 5.25. The molecule has 0 spiro atoms. The Morgan fingerprint density at radius 2 is 2.07 bits per heavy atom. The molecule has 0 aliphatic heterocycles. The zero-order valence-corrected chi connectivity index (χ0v) is 9.79. The van der Waals surface area contributed by atoms with Crippen LogP contribution in [0.5, 0.6) is 5.75 Å². The van der Waals surface area contributed by atoms with Gasteiger partial charge in [-0.25, -0.2) is 0 Å². The third kappa shape index (κ3) is 5.22. The van der Waals surface area contributed by atoms with Gasteiger partial charge in [0.2, 0.25) is 0 Å². The van der Waals surface area contributed by atoms with Gasteiger partial charge in [-0.15, -0.1) is 0 Å².